The van der Waals surface area contributed by atoms with Gasteiger partial charge in [0.15, 0.2) is 5.58 Å². The van der Waals surface area contributed by atoms with E-state index in [1.807, 2.05) is 0 Å². The summed E-state index contributed by atoms with van der Waals surface area (Å²) in [6.07, 6.45) is 0. The first kappa shape index (κ1) is 20.1. The van der Waals surface area contributed by atoms with E-state index in [1.54, 1.807) is 24.3 Å². The highest BCUT2D eigenvalue weighted by molar-refractivity contribution is 6.33. The van der Waals surface area contributed by atoms with Crippen LogP contribution >= 0.6 is 11.6 Å². The third-order valence-corrected chi connectivity index (χ3v) is 4.44. The molecule has 10 nitrogen and oxygen atoms in total. The quantitative estimate of drug-likeness (QED) is 0.483. The molecule has 0 atom stereocenters. The standard InChI is InChI=1S/C18H15ClN4O6/c1-21(9-16(24)20-13-5-3-2-4-12(13)19)17(25)10-22-14-7-6-11(23(27)28)8-15(14)29-18(22)26/h2-8H,9-10H2,1H3,(H,20,24). The Hall–Kier alpha value is -3.66. The Labute approximate surface area is 168 Å². The van der Waals surface area contributed by atoms with Crippen molar-refractivity contribution < 1.29 is 18.9 Å². The number of hydrogen-bond donors (Lipinski definition) is 1. The van der Waals surface area contributed by atoms with E-state index < -0.39 is 22.5 Å². The summed E-state index contributed by atoms with van der Waals surface area (Å²) in [7, 11) is 1.41. The second kappa shape index (κ2) is 8.15. The molecule has 0 aliphatic carbocycles. The van der Waals surface area contributed by atoms with E-state index >= 15 is 0 Å². The smallest absolute Gasteiger partial charge is 0.407 e. The van der Waals surface area contributed by atoms with Crippen molar-refractivity contribution in [2.24, 2.45) is 0 Å². The molecule has 1 aromatic heterocycles. The maximum atomic E-state index is 12.4. The fourth-order valence-corrected chi connectivity index (χ4v) is 2.81. The van der Waals surface area contributed by atoms with Crippen LogP contribution in [0.3, 0.4) is 0 Å². The van der Waals surface area contributed by atoms with Crippen LogP contribution in [0.2, 0.25) is 5.02 Å². The van der Waals surface area contributed by atoms with Crippen LogP contribution in [-0.4, -0.2) is 39.8 Å². The van der Waals surface area contributed by atoms with Crippen LogP contribution in [0.1, 0.15) is 0 Å². The molecule has 3 rings (SSSR count). The van der Waals surface area contributed by atoms with Crippen molar-refractivity contribution in [1.29, 1.82) is 0 Å². The maximum absolute atomic E-state index is 12.4. The summed E-state index contributed by atoms with van der Waals surface area (Å²) in [5.74, 6) is -1.82. The van der Waals surface area contributed by atoms with Gasteiger partial charge in [0, 0.05) is 13.1 Å². The SMILES string of the molecule is CN(CC(=O)Nc1ccccc1Cl)C(=O)Cn1c(=O)oc2cc([N+](=O)[O-])ccc21. The first-order chi connectivity index (χ1) is 13.8. The molecule has 3 aromatic rings. The number of nitrogens with one attached hydrogen (secondary N) is 1. The predicted octanol–water partition coefficient (Wildman–Crippen LogP) is 2.25. The molecule has 11 heteroatoms. The minimum absolute atomic E-state index is 0.00360. The fourth-order valence-electron chi connectivity index (χ4n) is 2.63. The number of hydrogen-bond acceptors (Lipinski definition) is 6. The number of oxazole rings is 1. The number of likely N-dealkylation sites (N-methyl/N-ethyl adjacent to an activating group) is 1. The lowest BCUT2D eigenvalue weighted by molar-refractivity contribution is -0.384. The molecule has 1 N–H and O–H groups in total. The Morgan fingerprint density at radius 2 is 2.00 bits per heavy atom. The summed E-state index contributed by atoms with van der Waals surface area (Å²) in [5, 5.41) is 13.8. The van der Waals surface area contributed by atoms with Gasteiger partial charge in [-0.05, 0) is 18.2 Å². The number of rotatable bonds is 6. The van der Waals surface area contributed by atoms with Crippen LogP contribution in [0.15, 0.2) is 51.7 Å². The number of nitro groups is 1. The van der Waals surface area contributed by atoms with Crippen molar-refractivity contribution in [3.8, 4) is 0 Å². The molecule has 2 aromatic carbocycles. The highest BCUT2D eigenvalue weighted by Crippen LogP contribution is 2.21. The van der Waals surface area contributed by atoms with E-state index in [4.69, 9.17) is 16.0 Å². The second-order valence-corrected chi connectivity index (χ2v) is 6.55. The Morgan fingerprint density at radius 3 is 2.69 bits per heavy atom. The number of benzene rings is 2. The largest absolute Gasteiger partial charge is 0.420 e. The van der Waals surface area contributed by atoms with Gasteiger partial charge < -0.3 is 14.6 Å². The van der Waals surface area contributed by atoms with Crippen molar-refractivity contribution >= 4 is 45.9 Å². The number of para-hydroxylation sites is 1. The van der Waals surface area contributed by atoms with Crippen molar-refractivity contribution in [3.63, 3.8) is 0 Å². The lowest BCUT2D eigenvalue weighted by Crippen LogP contribution is -2.38. The fraction of sp³-hybridized carbons (Fsp3) is 0.167. The average molecular weight is 419 g/mol. The molecule has 0 radical (unpaired) electrons. The topological polar surface area (TPSA) is 128 Å². The van der Waals surface area contributed by atoms with Crippen molar-refractivity contribution in [3.05, 3.63) is 68.2 Å². The van der Waals surface area contributed by atoms with Gasteiger partial charge in [-0.2, -0.15) is 0 Å². The van der Waals surface area contributed by atoms with Crippen LogP contribution in [0.5, 0.6) is 0 Å². The summed E-state index contributed by atoms with van der Waals surface area (Å²) in [6, 6.07) is 10.3. The van der Waals surface area contributed by atoms with Gasteiger partial charge in [0.1, 0.15) is 6.54 Å². The third kappa shape index (κ3) is 4.43. The molecule has 2 amide bonds. The van der Waals surface area contributed by atoms with Crippen LogP contribution in [0.25, 0.3) is 11.1 Å². The number of carbonyl (C=O) groups is 2. The summed E-state index contributed by atoms with van der Waals surface area (Å²) in [5.41, 5.74) is 0.413. The Morgan fingerprint density at radius 1 is 1.28 bits per heavy atom. The molecule has 0 saturated heterocycles. The molecule has 0 bridgehead atoms. The highest BCUT2D eigenvalue weighted by Gasteiger charge is 2.19. The Bertz CT molecular complexity index is 1170. The molecule has 29 heavy (non-hydrogen) atoms. The normalized spacial score (nSPS) is 10.7. The summed E-state index contributed by atoms with van der Waals surface area (Å²) in [6.45, 7) is -0.653. The van der Waals surface area contributed by atoms with Crippen molar-refractivity contribution in [2.75, 3.05) is 18.9 Å². The second-order valence-electron chi connectivity index (χ2n) is 6.14. The molecule has 0 aliphatic heterocycles. The number of nitro benzene ring substituents is 1. The molecule has 1 heterocycles. The number of non-ortho nitro benzene ring substituents is 1. The van der Waals surface area contributed by atoms with E-state index in [2.05, 4.69) is 5.32 Å². The minimum Gasteiger partial charge on any atom is -0.407 e. The first-order valence-corrected chi connectivity index (χ1v) is 8.70. The molecule has 0 aliphatic rings. The Kier molecular flexibility index (Phi) is 5.64. The number of carbonyl (C=O) groups excluding carboxylic acids is 2. The average Bonchev–Trinajstić information content (AvgIpc) is 2.98. The number of halogens is 1. The monoisotopic (exact) mass is 418 g/mol. The zero-order valence-corrected chi connectivity index (χ0v) is 15.9. The van der Waals surface area contributed by atoms with Gasteiger partial charge in [-0.3, -0.25) is 24.3 Å². The van der Waals surface area contributed by atoms with Crippen LogP contribution in [-0.2, 0) is 16.1 Å². The molecular formula is C18H15ClN4O6. The van der Waals surface area contributed by atoms with Gasteiger partial charge in [0.25, 0.3) is 5.69 Å². The number of nitrogens with zero attached hydrogens (tertiary/aromatic N) is 3. The maximum Gasteiger partial charge on any atom is 0.420 e. The van der Waals surface area contributed by atoms with Crippen LogP contribution < -0.4 is 11.1 Å². The zero-order valence-electron chi connectivity index (χ0n) is 15.1. The van der Waals surface area contributed by atoms with Gasteiger partial charge in [-0.1, -0.05) is 23.7 Å². The molecular weight excluding hydrogens is 404 g/mol. The lowest BCUT2D eigenvalue weighted by Gasteiger charge is -2.17. The van der Waals surface area contributed by atoms with E-state index in [9.17, 15) is 24.5 Å². The van der Waals surface area contributed by atoms with Crippen LogP contribution in [0, 0.1) is 10.1 Å². The summed E-state index contributed by atoms with van der Waals surface area (Å²) >= 11 is 5.98. The molecule has 0 spiro atoms. The van der Waals surface area contributed by atoms with Gasteiger partial charge in [0.05, 0.1) is 33.8 Å². The van der Waals surface area contributed by atoms with E-state index in [0.717, 1.165) is 15.5 Å². The third-order valence-electron chi connectivity index (χ3n) is 4.11. The zero-order chi connectivity index (χ0) is 21.1. The van der Waals surface area contributed by atoms with Gasteiger partial charge >= 0.3 is 5.76 Å². The Balaban J connectivity index is 1.70. The first-order valence-electron chi connectivity index (χ1n) is 8.32. The predicted molar refractivity (Wildman–Crippen MR) is 105 cm³/mol. The summed E-state index contributed by atoms with van der Waals surface area (Å²) in [4.78, 5) is 48.0. The van der Waals surface area contributed by atoms with E-state index in [-0.39, 0.29) is 29.9 Å². The van der Waals surface area contributed by atoms with Gasteiger partial charge in [0.2, 0.25) is 11.8 Å². The number of amides is 2. The molecule has 0 fully saturated rings. The van der Waals surface area contributed by atoms with Crippen LogP contribution in [0.4, 0.5) is 11.4 Å². The highest BCUT2D eigenvalue weighted by atomic mass is 35.5. The molecule has 0 saturated carbocycles. The molecule has 0 unspecified atom stereocenters. The van der Waals surface area contributed by atoms with Gasteiger partial charge in [-0.15, -0.1) is 0 Å². The lowest BCUT2D eigenvalue weighted by atomic mass is 10.3. The van der Waals surface area contributed by atoms with Crippen molar-refractivity contribution in [2.45, 2.75) is 6.54 Å². The van der Waals surface area contributed by atoms with E-state index in [1.165, 1.54) is 19.2 Å². The number of anilines is 1. The summed E-state index contributed by atoms with van der Waals surface area (Å²) < 4.78 is 6.03. The number of fused-ring (bicyclic) bond motifs is 1. The van der Waals surface area contributed by atoms with Gasteiger partial charge in [-0.25, -0.2) is 4.79 Å². The number of aromatic nitrogens is 1. The minimum atomic E-state index is -0.831. The molecule has 150 valence electrons. The van der Waals surface area contributed by atoms with Crippen molar-refractivity contribution in [1.82, 2.24) is 9.47 Å². The van der Waals surface area contributed by atoms with E-state index in [0.29, 0.717) is 10.7 Å².